The smallest absolute Gasteiger partial charge is 0.372 e. The summed E-state index contributed by atoms with van der Waals surface area (Å²) in [7, 11) is 0. The Hall–Kier alpha value is -3.58. The molecule has 0 fully saturated rings. The number of rotatable bonds is 8. The number of carbonyl (C=O) groups excluding carboxylic acids is 1. The summed E-state index contributed by atoms with van der Waals surface area (Å²) in [6.45, 7) is 3.98. The zero-order valence-electron chi connectivity index (χ0n) is 19.5. The summed E-state index contributed by atoms with van der Waals surface area (Å²) in [5.74, 6) is -1.14. The van der Waals surface area contributed by atoms with E-state index in [0.29, 0.717) is 36.1 Å². The fraction of sp³-hybridized carbons (Fsp3) is 0.214. The molecule has 1 amide bonds. The number of phenolic OH excluding ortho intramolecular Hbond substituents is 1. The number of fused-ring (bicyclic) bond motifs is 1. The summed E-state index contributed by atoms with van der Waals surface area (Å²) >= 11 is 3.43. The molecular formula is C28H26BrNO5. The number of phenols is 1. The number of carboxylic acids is 1. The van der Waals surface area contributed by atoms with Crippen LogP contribution in [-0.4, -0.2) is 22.1 Å². The number of hydrogen-bond acceptors (Lipinski definition) is 4. The van der Waals surface area contributed by atoms with Gasteiger partial charge in [-0.25, -0.2) is 4.79 Å². The minimum atomic E-state index is -1.12. The van der Waals surface area contributed by atoms with E-state index < -0.39 is 5.97 Å². The van der Waals surface area contributed by atoms with Gasteiger partial charge in [-0.3, -0.25) is 4.79 Å². The summed E-state index contributed by atoms with van der Waals surface area (Å²) in [6, 6.07) is 18.3. The number of halogens is 1. The Morgan fingerprint density at radius 3 is 2.43 bits per heavy atom. The lowest BCUT2D eigenvalue weighted by molar-refractivity contribution is -0.118. The number of aromatic hydroxyl groups is 1. The van der Waals surface area contributed by atoms with Crippen molar-refractivity contribution in [2.45, 2.75) is 39.7 Å². The van der Waals surface area contributed by atoms with Gasteiger partial charge in [-0.1, -0.05) is 47.1 Å². The van der Waals surface area contributed by atoms with Crippen LogP contribution in [0, 0.1) is 6.92 Å². The molecule has 0 radical (unpaired) electrons. The predicted octanol–water partition coefficient (Wildman–Crippen LogP) is 6.64. The van der Waals surface area contributed by atoms with E-state index in [1.54, 1.807) is 36.1 Å². The van der Waals surface area contributed by atoms with Gasteiger partial charge in [-0.15, -0.1) is 0 Å². The van der Waals surface area contributed by atoms with Gasteiger partial charge in [0.05, 0.1) is 6.54 Å². The van der Waals surface area contributed by atoms with Gasteiger partial charge < -0.3 is 19.5 Å². The number of nitrogens with zero attached hydrogens (tertiary/aromatic N) is 1. The summed E-state index contributed by atoms with van der Waals surface area (Å²) in [5, 5.41) is 20.2. The molecule has 4 rings (SSSR count). The Balaban J connectivity index is 1.76. The van der Waals surface area contributed by atoms with E-state index in [2.05, 4.69) is 15.9 Å². The first-order chi connectivity index (χ1) is 16.8. The van der Waals surface area contributed by atoms with Gasteiger partial charge in [0.1, 0.15) is 11.3 Å². The van der Waals surface area contributed by atoms with E-state index in [0.717, 1.165) is 26.5 Å². The molecule has 0 unspecified atom stereocenters. The topological polar surface area (TPSA) is 91.0 Å². The summed E-state index contributed by atoms with van der Waals surface area (Å²) in [4.78, 5) is 27.0. The number of aromatic carboxylic acids is 1. The van der Waals surface area contributed by atoms with Gasteiger partial charge in [-0.05, 0) is 72.9 Å². The van der Waals surface area contributed by atoms with Gasteiger partial charge in [0.25, 0.3) is 0 Å². The van der Waals surface area contributed by atoms with E-state index in [9.17, 15) is 19.8 Å². The van der Waals surface area contributed by atoms with Gasteiger partial charge in [0.15, 0.2) is 0 Å². The zero-order valence-corrected chi connectivity index (χ0v) is 21.1. The average molecular weight is 536 g/mol. The number of benzene rings is 3. The van der Waals surface area contributed by atoms with Crippen LogP contribution in [0.3, 0.4) is 0 Å². The largest absolute Gasteiger partial charge is 0.508 e. The average Bonchev–Trinajstić information content (AvgIpc) is 3.18. The van der Waals surface area contributed by atoms with Crippen molar-refractivity contribution in [2.24, 2.45) is 0 Å². The third kappa shape index (κ3) is 5.25. The van der Waals surface area contributed by atoms with Crippen LogP contribution in [0.15, 0.2) is 69.6 Å². The number of anilines is 1. The van der Waals surface area contributed by atoms with Crippen molar-refractivity contribution in [3.8, 4) is 5.75 Å². The Morgan fingerprint density at radius 2 is 1.77 bits per heavy atom. The monoisotopic (exact) mass is 535 g/mol. The Morgan fingerprint density at radius 1 is 1.03 bits per heavy atom. The molecule has 1 aromatic heterocycles. The quantitative estimate of drug-likeness (QED) is 0.264. The molecule has 3 aromatic carbocycles. The number of amides is 1. The summed E-state index contributed by atoms with van der Waals surface area (Å²) in [6.07, 6.45) is 1.47. The molecule has 1 heterocycles. The third-order valence-electron chi connectivity index (χ3n) is 6.11. The predicted molar refractivity (Wildman–Crippen MR) is 139 cm³/mol. The molecule has 0 saturated heterocycles. The molecule has 6 nitrogen and oxygen atoms in total. The molecule has 7 heteroatoms. The van der Waals surface area contributed by atoms with Gasteiger partial charge in [-0.2, -0.15) is 0 Å². The molecule has 2 N–H and O–H groups in total. The number of aryl methyl sites for hydroxylation is 3. The number of furan rings is 1. The first kappa shape index (κ1) is 24.5. The van der Waals surface area contributed by atoms with E-state index in [-0.39, 0.29) is 24.0 Å². The van der Waals surface area contributed by atoms with Crippen molar-refractivity contribution in [1.29, 1.82) is 0 Å². The molecule has 4 aromatic rings. The number of hydrogen-bond donors (Lipinski definition) is 2. The van der Waals surface area contributed by atoms with Gasteiger partial charge in [0.2, 0.25) is 11.7 Å². The maximum atomic E-state index is 13.6. The lowest BCUT2D eigenvalue weighted by Gasteiger charge is -2.26. The summed E-state index contributed by atoms with van der Waals surface area (Å²) < 4.78 is 6.59. The first-order valence-corrected chi connectivity index (χ1v) is 12.2. The van der Waals surface area contributed by atoms with Crippen molar-refractivity contribution in [2.75, 3.05) is 4.90 Å². The summed E-state index contributed by atoms with van der Waals surface area (Å²) in [5.41, 5.74) is 4.45. The highest BCUT2D eigenvalue weighted by Crippen LogP contribution is 2.36. The second kappa shape index (κ2) is 10.4. The lowest BCUT2D eigenvalue weighted by atomic mass is 9.99. The van der Waals surface area contributed by atoms with E-state index in [4.69, 9.17) is 4.42 Å². The van der Waals surface area contributed by atoms with Gasteiger partial charge >= 0.3 is 5.97 Å². The highest BCUT2D eigenvalue weighted by molar-refractivity contribution is 9.10. The van der Waals surface area contributed by atoms with Crippen LogP contribution in [0.1, 0.15) is 46.2 Å². The van der Waals surface area contributed by atoms with Crippen molar-refractivity contribution < 1.29 is 24.2 Å². The standard InChI is InChI=1S/C28H26BrNO5/c1-3-22-23(12-13-24-26(22)17(2)27(35-24)28(33)34)30(16-19-5-4-6-21(31)15-19)25(32)14-9-18-7-10-20(29)11-8-18/h4-8,10-13,15,31H,3,9,14,16H2,1-2H3,(H,33,34). The van der Waals surface area contributed by atoms with E-state index in [1.807, 2.05) is 43.3 Å². The molecular weight excluding hydrogens is 510 g/mol. The molecule has 0 aliphatic carbocycles. The van der Waals surface area contributed by atoms with Crippen LogP contribution in [0.4, 0.5) is 5.69 Å². The lowest BCUT2D eigenvalue weighted by Crippen LogP contribution is -2.31. The molecule has 0 aliphatic heterocycles. The Labute approximate surface area is 211 Å². The van der Waals surface area contributed by atoms with Crippen LogP contribution >= 0.6 is 15.9 Å². The zero-order chi connectivity index (χ0) is 25.1. The fourth-order valence-electron chi connectivity index (χ4n) is 4.41. The minimum Gasteiger partial charge on any atom is -0.508 e. The van der Waals surface area contributed by atoms with E-state index >= 15 is 0 Å². The van der Waals surface area contributed by atoms with Crippen molar-refractivity contribution >= 4 is 44.5 Å². The maximum Gasteiger partial charge on any atom is 0.372 e. The van der Waals surface area contributed by atoms with E-state index in [1.165, 1.54) is 0 Å². The molecule has 35 heavy (non-hydrogen) atoms. The van der Waals surface area contributed by atoms with Crippen LogP contribution in [-0.2, 0) is 24.2 Å². The molecule has 0 saturated carbocycles. The second-order valence-electron chi connectivity index (χ2n) is 8.43. The van der Waals surface area contributed by atoms with Crippen LogP contribution in [0.25, 0.3) is 11.0 Å². The van der Waals surface area contributed by atoms with Crippen LogP contribution in [0.5, 0.6) is 5.75 Å². The Bertz CT molecular complexity index is 1390. The highest BCUT2D eigenvalue weighted by Gasteiger charge is 2.25. The van der Waals surface area contributed by atoms with Crippen LogP contribution in [0.2, 0.25) is 0 Å². The fourth-order valence-corrected chi connectivity index (χ4v) is 4.67. The molecule has 0 bridgehead atoms. The van der Waals surface area contributed by atoms with Crippen LogP contribution < -0.4 is 4.90 Å². The van der Waals surface area contributed by atoms with Gasteiger partial charge in [0, 0.05) is 27.5 Å². The molecule has 0 spiro atoms. The molecule has 0 aliphatic rings. The molecule has 0 atom stereocenters. The number of carbonyl (C=O) groups is 2. The maximum absolute atomic E-state index is 13.6. The SMILES string of the molecule is CCc1c(N(Cc2cccc(O)c2)C(=O)CCc2ccc(Br)cc2)ccc2oc(C(=O)O)c(C)c12. The second-order valence-corrected chi connectivity index (χ2v) is 9.34. The van der Waals surface area contributed by atoms with Crippen molar-refractivity contribution in [1.82, 2.24) is 0 Å². The normalized spacial score (nSPS) is 11.1. The number of carboxylic acid groups (broad SMARTS) is 1. The van der Waals surface area contributed by atoms with Crippen molar-refractivity contribution in [3.05, 3.63) is 93.2 Å². The Kier molecular flexibility index (Phi) is 7.26. The minimum absolute atomic E-state index is 0.0649. The molecule has 180 valence electrons. The highest BCUT2D eigenvalue weighted by atomic mass is 79.9. The van der Waals surface area contributed by atoms with Crippen molar-refractivity contribution in [3.63, 3.8) is 0 Å². The third-order valence-corrected chi connectivity index (χ3v) is 6.64. The first-order valence-electron chi connectivity index (χ1n) is 11.4.